The molecule has 2 aliphatic carbocycles. The number of aliphatic hydroxyl groups is 1. The number of hydrogen-bond acceptors (Lipinski definition) is 1. The molecule has 0 aliphatic heterocycles. The SMILES string of the molecule is OC1CC2(I)CCC1C2. The van der Waals surface area contributed by atoms with Gasteiger partial charge >= 0.3 is 0 Å². The maximum absolute atomic E-state index is 9.38. The summed E-state index contributed by atoms with van der Waals surface area (Å²) >= 11 is 2.53. The molecule has 0 radical (unpaired) electrons. The van der Waals surface area contributed by atoms with Crippen molar-refractivity contribution in [1.29, 1.82) is 0 Å². The smallest absolute Gasteiger partial charge is 0.0581 e. The van der Waals surface area contributed by atoms with E-state index in [1.54, 1.807) is 0 Å². The normalized spacial score (nSPS) is 56.7. The molecular formula is C7H11IO. The molecule has 1 nitrogen and oxygen atoms in total. The van der Waals surface area contributed by atoms with Crippen LogP contribution in [0.3, 0.4) is 0 Å². The summed E-state index contributed by atoms with van der Waals surface area (Å²) in [5, 5.41) is 9.38. The van der Waals surface area contributed by atoms with Gasteiger partial charge in [-0.3, -0.25) is 0 Å². The molecule has 0 aromatic rings. The number of alkyl halides is 1. The van der Waals surface area contributed by atoms with Gasteiger partial charge in [-0.05, 0) is 31.6 Å². The van der Waals surface area contributed by atoms with Gasteiger partial charge in [0, 0.05) is 3.42 Å². The number of aliphatic hydroxyl groups excluding tert-OH is 1. The van der Waals surface area contributed by atoms with Crippen molar-refractivity contribution >= 4 is 22.6 Å². The van der Waals surface area contributed by atoms with Gasteiger partial charge < -0.3 is 5.11 Å². The highest BCUT2D eigenvalue weighted by molar-refractivity contribution is 14.1. The van der Waals surface area contributed by atoms with Gasteiger partial charge in [-0.25, -0.2) is 0 Å². The van der Waals surface area contributed by atoms with E-state index in [9.17, 15) is 5.11 Å². The van der Waals surface area contributed by atoms with E-state index in [0.717, 1.165) is 6.42 Å². The Morgan fingerprint density at radius 3 is 2.44 bits per heavy atom. The van der Waals surface area contributed by atoms with Gasteiger partial charge in [0.25, 0.3) is 0 Å². The van der Waals surface area contributed by atoms with Crippen LogP contribution in [0.5, 0.6) is 0 Å². The van der Waals surface area contributed by atoms with E-state index in [0.29, 0.717) is 9.34 Å². The molecule has 0 spiro atoms. The van der Waals surface area contributed by atoms with E-state index in [1.165, 1.54) is 19.3 Å². The topological polar surface area (TPSA) is 20.2 Å². The standard InChI is InChI=1S/C7H11IO/c8-7-2-1-5(3-7)6(9)4-7/h5-6,9H,1-4H2. The van der Waals surface area contributed by atoms with Crippen LogP contribution >= 0.6 is 22.6 Å². The molecule has 0 aromatic carbocycles. The van der Waals surface area contributed by atoms with Crippen molar-refractivity contribution in [3.8, 4) is 0 Å². The van der Waals surface area contributed by atoms with Crippen molar-refractivity contribution in [3.05, 3.63) is 0 Å². The average molecular weight is 238 g/mol. The lowest BCUT2D eigenvalue weighted by atomic mass is 9.98. The monoisotopic (exact) mass is 238 g/mol. The number of hydrogen-bond donors (Lipinski definition) is 1. The van der Waals surface area contributed by atoms with Crippen LogP contribution in [0.2, 0.25) is 0 Å². The van der Waals surface area contributed by atoms with Gasteiger partial charge in [-0.1, -0.05) is 22.6 Å². The predicted octanol–water partition coefficient (Wildman–Crippen LogP) is 1.72. The van der Waals surface area contributed by atoms with Crippen molar-refractivity contribution in [3.63, 3.8) is 0 Å². The summed E-state index contributed by atoms with van der Waals surface area (Å²) in [5.41, 5.74) is 0. The van der Waals surface area contributed by atoms with Gasteiger partial charge in [0.05, 0.1) is 6.10 Å². The maximum Gasteiger partial charge on any atom is 0.0581 e. The quantitative estimate of drug-likeness (QED) is 0.503. The fourth-order valence-corrected chi connectivity index (χ4v) is 3.50. The van der Waals surface area contributed by atoms with Gasteiger partial charge in [0.15, 0.2) is 0 Å². The van der Waals surface area contributed by atoms with Crippen LogP contribution in [0.25, 0.3) is 0 Å². The lowest BCUT2D eigenvalue weighted by molar-refractivity contribution is 0.117. The second-order valence-corrected chi connectivity index (χ2v) is 5.71. The van der Waals surface area contributed by atoms with Crippen molar-refractivity contribution < 1.29 is 5.11 Å². The molecular weight excluding hydrogens is 227 g/mol. The predicted molar refractivity (Wildman–Crippen MR) is 44.7 cm³/mol. The zero-order valence-corrected chi connectivity index (χ0v) is 7.47. The fraction of sp³-hybridized carbons (Fsp3) is 1.00. The summed E-state index contributed by atoms with van der Waals surface area (Å²) < 4.78 is 0.502. The Bertz CT molecular complexity index is 133. The first-order chi connectivity index (χ1) is 4.20. The lowest BCUT2D eigenvalue weighted by Crippen LogP contribution is -2.20. The van der Waals surface area contributed by atoms with E-state index in [4.69, 9.17) is 0 Å². The molecule has 2 aliphatic rings. The summed E-state index contributed by atoms with van der Waals surface area (Å²) in [6.07, 6.45) is 4.97. The zero-order valence-electron chi connectivity index (χ0n) is 5.31. The fourth-order valence-electron chi connectivity index (χ4n) is 2.17. The van der Waals surface area contributed by atoms with E-state index in [1.807, 2.05) is 0 Å². The third-order valence-electron chi connectivity index (χ3n) is 2.71. The largest absolute Gasteiger partial charge is 0.393 e. The minimum atomic E-state index is 0.0376. The molecule has 0 amide bonds. The second-order valence-electron chi connectivity index (χ2n) is 3.43. The Labute approximate surface area is 69.0 Å². The summed E-state index contributed by atoms with van der Waals surface area (Å²) in [7, 11) is 0. The van der Waals surface area contributed by atoms with Crippen LogP contribution in [0.1, 0.15) is 25.7 Å². The average Bonchev–Trinajstić information content (AvgIpc) is 2.20. The Morgan fingerprint density at radius 1 is 1.44 bits per heavy atom. The maximum atomic E-state index is 9.38. The van der Waals surface area contributed by atoms with Crippen LogP contribution in [0, 0.1) is 5.92 Å². The molecule has 3 atom stereocenters. The molecule has 0 aromatic heterocycles. The van der Waals surface area contributed by atoms with Crippen molar-refractivity contribution in [2.45, 2.75) is 35.2 Å². The highest BCUT2D eigenvalue weighted by atomic mass is 127. The number of rotatable bonds is 0. The van der Waals surface area contributed by atoms with E-state index in [-0.39, 0.29) is 6.10 Å². The van der Waals surface area contributed by atoms with Crippen LogP contribution < -0.4 is 0 Å². The van der Waals surface area contributed by atoms with Gasteiger partial charge in [-0.15, -0.1) is 0 Å². The minimum Gasteiger partial charge on any atom is -0.393 e. The third-order valence-corrected chi connectivity index (χ3v) is 4.13. The molecule has 0 heterocycles. The van der Waals surface area contributed by atoms with E-state index in [2.05, 4.69) is 22.6 Å². The first-order valence-electron chi connectivity index (χ1n) is 3.57. The Kier molecular flexibility index (Phi) is 1.31. The van der Waals surface area contributed by atoms with Crippen LogP contribution in [0.4, 0.5) is 0 Å². The first kappa shape index (κ1) is 6.40. The summed E-state index contributed by atoms with van der Waals surface area (Å²) in [4.78, 5) is 0. The van der Waals surface area contributed by atoms with Gasteiger partial charge in [0.1, 0.15) is 0 Å². The van der Waals surface area contributed by atoms with Crippen LogP contribution in [-0.4, -0.2) is 14.6 Å². The first-order valence-corrected chi connectivity index (χ1v) is 4.64. The third kappa shape index (κ3) is 0.909. The molecule has 2 rings (SSSR count). The summed E-state index contributed by atoms with van der Waals surface area (Å²) in [6.45, 7) is 0. The Hall–Kier alpha value is 0.690. The molecule has 3 unspecified atom stereocenters. The second kappa shape index (κ2) is 1.84. The van der Waals surface area contributed by atoms with E-state index < -0.39 is 0 Å². The molecule has 2 fully saturated rings. The van der Waals surface area contributed by atoms with Crippen LogP contribution in [0.15, 0.2) is 0 Å². The zero-order chi connectivity index (χ0) is 6.48. The van der Waals surface area contributed by atoms with Crippen molar-refractivity contribution in [1.82, 2.24) is 0 Å². The number of halogens is 1. The number of fused-ring (bicyclic) bond motifs is 2. The summed E-state index contributed by atoms with van der Waals surface area (Å²) in [5.74, 6) is 0.655. The molecule has 1 N–H and O–H groups in total. The highest BCUT2D eigenvalue weighted by Crippen LogP contribution is 2.53. The van der Waals surface area contributed by atoms with Gasteiger partial charge in [0.2, 0.25) is 0 Å². The Morgan fingerprint density at radius 2 is 2.22 bits per heavy atom. The Balaban J connectivity index is 2.19. The molecule has 0 saturated heterocycles. The van der Waals surface area contributed by atoms with Gasteiger partial charge in [-0.2, -0.15) is 0 Å². The molecule has 52 valence electrons. The van der Waals surface area contributed by atoms with E-state index >= 15 is 0 Å². The highest BCUT2D eigenvalue weighted by Gasteiger charge is 2.48. The van der Waals surface area contributed by atoms with Crippen molar-refractivity contribution in [2.24, 2.45) is 5.92 Å². The molecule has 2 saturated carbocycles. The molecule has 2 heteroatoms. The van der Waals surface area contributed by atoms with Crippen LogP contribution in [-0.2, 0) is 0 Å². The lowest BCUT2D eigenvalue weighted by Gasteiger charge is -2.20. The molecule has 2 bridgehead atoms. The van der Waals surface area contributed by atoms with Crippen molar-refractivity contribution in [2.75, 3.05) is 0 Å². The molecule has 9 heavy (non-hydrogen) atoms. The minimum absolute atomic E-state index is 0.0376. The summed E-state index contributed by atoms with van der Waals surface area (Å²) in [6, 6.07) is 0.